The number of ketones is 1. The van der Waals surface area contributed by atoms with Gasteiger partial charge in [0.2, 0.25) is 5.78 Å². The van der Waals surface area contributed by atoms with Crippen LogP contribution in [0.4, 0.5) is 0 Å². The molecule has 0 fully saturated rings. The van der Waals surface area contributed by atoms with E-state index in [9.17, 15) is 9.59 Å². The van der Waals surface area contributed by atoms with Crippen molar-refractivity contribution in [3.63, 3.8) is 0 Å². The molecule has 0 saturated heterocycles. The highest BCUT2D eigenvalue weighted by Crippen LogP contribution is 2.30. The first-order chi connectivity index (χ1) is 12.2. The van der Waals surface area contributed by atoms with Gasteiger partial charge in [0, 0.05) is 0 Å². The largest absolute Gasteiger partial charge is 0.285 e. The molecule has 0 saturated carbocycles. The quantitative estimate of drug-likeness (QED) is 0.473. The Morgan fingerprint density at radius 2 is 1.52 bits per heavy atom. The average molecular weight is 324 g/mol. The number of aromatic nitrogens is 2. The van der Waals surface area contributed by atoms with Crippen LogP contribution in [0.25, 0.3) is 27.7 Å². The first kappa shape index (κ1) is 13.9. The summed E-state index contributed by atoms with van der Waals surface area (Å²) < 4.78 is 1.43. The van der Waals surface area contributed by atoms with Crippen LogP contribution in [0.5, 0.6) is 0 Å². The number of carbonyl (C=O) groups excluding carboxylic acids is 1. The Morgan fingerprint density at radius 1 is 0.760 bits per heavy atom. The van der Waals surface area contributed by atoms with E-state index >= 15 is 0 Å². The monoisotopic (exact) mass is 324 g/mol. The van der Waals surface area contributed by atoms with Crippen LogP contribution >= 0.6 is 0 Å². The predicted molar refractivity (Wildman–Crippen MR) is 96.2 cm³/mol. The molecular formula is C21H12N2O2. The summed E-state index contributed by atoms with van der Waals surface area (Å²) in [4.78, 5) is 30.1. The van der Waals surface area contributed by atoms with Crippen LogP contribution in [0, 0.1) is 0 Å². The molecular weight excluding hydrogens is 312 g/mol. The fraction of sp³-hybridized carbons (Fsp3) is 0. The van der Waals surface area contributed by atoms with Crippen LogP contribution in [0.1, 0.15) is 16.2 Å². The zero-order chi connectivity index (χ0) is 17.0. The normalized spacial score (nSPS) is 12.2. The maximum atomic E-state index is 12.9. The smallest absolute Gasteiger partial charge is 0.266 e. The Morgan fingerprint density at radius 3 is 2.36 bits per heavy atom. The zero-order valence-electron chi connectivity index (χ0n) is 13.1. The lowest BCUT2D eigenvalue weighted by molar-refractivity contribution is 0.103. The van der Waals surface area contributed by atoms with Crippen molar-refractivity contribution in [2.24, 2.45) is 0 Å². The minimum absolute atomic E-state index is 0.184. The van der Waals surface area contributed by atoms with Gasteiger partial charge in [0.25, 0.3) is 5.56 Å². The summed E-state index contributed by atoms with van der Waals surface area (Å²) in [5.41, 5.74) is 3.42. The maximum Gasteiger partial charge on any atom is 0.266 e. The minimum Gasteiger partial charge on any atom is -0.285 e. The molecule has 0 unspecified atom stereocenters. The summed E-state index contributed by atoms with van der Waals surface area (Å²) >= 11 is 0. The van der Waals surface area contributed by atoms with E-state index in [-0.39, 0.29) is 17.2 Å². The Balaban J connectivity index is 1.79. The molecule has 2 heterocycles. The number of hydrogen-bond acceptors (Lipinski definition) is 3. The molecule has 0 spiro atoms. The average Bonchev–Trinajstić information content (AvgIpc) is 2.95. The summed E-state index contributed by atoms with van der Waals surface area (Å²) in [6.45, 7) is 0. The first-order valence-corrected chi connectivity index (χ1v) is 8.00. The Labute approximate surface area is 143 Å². The van der Waals surface area contributed by atoms with E-state index in [2.05, 4.69) is 4.98 Å². The topological polar surface area (TPSA) is 52.0 Å². The van der Waals surface area contributed by atoms with E-state index in [0.717, 1.165) is 11.1 Å². The molecule has 4 nitrogen and oxygen atoms in total. The molecule has 0 N–H and O–H groups in total. The summed E-state index contributed by atoms with van der Waals surface area (Å²) in [5.74, 6) is -0.0282. The second-order valence-electron chi connectivity index (χ2n) is 6.02. The van der Waals surface area contributed by atoms with E-state index in [0.29, 0.717) is 22.2 Å². The van der Waals surface area contributed by atoms with Crippen molar-refractivity contribution >= 4 is 16.7 Å². The number of carbonyl (C=O) groups is 1. The SMILES string of the molecule is O=C1c2cc(-c3ccccc3)ccc2-n2c1nc1ccccc1c2=O. The third kappa shape index (κ3) is 1.91. The Bertz CT molecular complexity index is 1220. The number of para-hydroxylation sites is 1. The molecule has 0 bridgehead atoms. The van der Waals surface area contributed by atoms with Crippen molar-refractivity contribution in [1.29, 1.82) is 0 Å². The summed E-state index contributed by atoms with van der Waals surface area (Å²) in [7, 11) is 0. The molecule has 1 aliphatic heterocycles. The van der Waals surface area contributed by atoms with E-state index in [1.54, 1.807) is 18.2 Å². The highest BCUT2D eigenvalue weighted by Gasteiger charge is 2.30. The van der Waals surface area contributed by atoms with Crippen molar-refractivity contribution in [2.45, 2.75) is 0 Å². The van der Waals surface area contributed by atoms with E-state index in [4.69, 9.17) is 0 Å². The zero-order valence-corrected chi connectivity index (χ0v) is 13.1. The second-order valence-corrected chi connectivity index (χ2v) is 6.02. The maximum absolute atomic E-state index is 12.9. The van der Waals surface area contributed by atoms with Gasteiger partial charge in [-0.05, 0) is 35.4 Å². The summed E-state index contributed by atoms with van der Waals surface area (Å²) in [6.07, 6.45) is 0. The molecule has 5 rings (SSSR count). The third-order valence-electron chi connectivity index (χ3n) is 4.57. The van der Waals surface area contributed by atoms with Gasteiger partial charge >= 0.3 is 0 Å². The van der Waals surface area contributed by atoms with Crippen molar-refractivity contribution in [3.8, 4) is 16.8 Å². The Hall–Kier alpha value is -3.53. The van der Waals surface area contributed by atoms with Crippen molar-refractivity contribution in [3.05, 3.63) is 94.5 Å². The molecule has 0 atom stereocenters. The van der Waals surface area contributed by atoms with Crippen molar-refractivity contribution in [2.75, 3.05) is 0 Å². The molecule has 25 heavy (non-hydrogen) atoms. The van der Waals surface area contributed by atoms with Gasteiger partial charge in [0.15, 0.2) is 5.82 Å². The van der Waals surface area contributed by atoms with Gasteiger partial charge < -0.3 is 0 Å². The number of fused-ring (bicyclic) bond motifs is 4. The highest BCUT2D eigenvalue weighted by molar-refractivity contribution is 6.14. The summed E-state index contributed by atoms with van der Waals surface area (Å²) in [6, 6.07) is 22.5. The standard InChI is InChI=1S/C21H12N2O2/c24-19-16-12-14(13-6-2-1-3-7-13)10-11-18(16)23-20(19)22-17-9-5-4-8-15(17)21(23)25/h1-12H. The molecule has 1 aliphatic rings. The van der Waals surface area contributed by atoms with Crippen LogP contribution in [0.2, 0.25) is 0 Å². The van der Waals surface area contributed by atoms with Crippen LogP contribution in [-0.2, 0) is 0 Å². The third-order valence-corrected chi connectivity index (χ3v) is 4.57. The lowest BCUT2D eigenvalue weighted by Gasteiger charge is -2.06. The molecule has 1 aromatic heterocycles. The predicted octanol–water partition coefficient (Wildman–Crippen LogP) is 3.60. The minimum atomic E-state index is -0.212. The van der Waals surface area contributed by atoms with Crippen LogP contribution in [-0.4, -0.2) is 15.3 Å². The fourth-order valence-electron chi connectivity index (χ4n) is 3.35. The van der Waals surface area contributed by atoms with Gasteiger partial charge in [-0.15, -0.1) is 0 Å². The molecule has 4 aromatic rings. The lowest BCUT2D eigenvalue weighted by atomic mass is 10.0. The summed E-state index contributed by atoms with van der Waals surface area (Å²) in [5, 5.41) is 0.513. The molecule has 0 radical (unpaired) electrons. The van der Waals surface area contributed by atoms with Gasteiger partial charge in [0.05, 0.1) is 22.2 Å². The van der Waals surface area contributed by atoms with Gasteiger partial charge in [-0.3, -0.25) is 14.2 Å². The van der Waals surface area contributed by atoms with E-state index in [1.165, 1.54) is 4.57 Å². The molecule has 3 aromatic carbocycles. The number of hydrogen-bond donors (Lipinski definition) is 0. The van der Waals surface area contributed by atoms with Crippen LogP contribution < -0.4 is 5.56 Å². The van der Waals surface area contributed by atoms with E-state index in [1.807, 2.05) is 54.6 Å². The molecule has 0 aliphatic carbocycles. The molecule has 4 heteroatoms. The molecule has 0 amide bonds. The Kier molecular flexibility index (Phi) is 2.76. The lowest BCUT2D eigenvalue weighted by Crippen LogP contribution is -2.21. The van der Waals surface area contributed by atoms with Crippen LogP contribution in [0.15, 0.2) is 77.6 Å². The van der Waals surface area contributed by atoms with Gasteiger partial charge in [-0.1, -0.05) is 48.5 Å². The fourth-order valence-corrected chi connectivity index (χ4v) is 3.35. The van der Waals surface area contributed by atoms with Gasteiger partial charge in [-0.2, -0.15) is 0 Å². The number of rotatable bonds is 1. The van der Waals surface area contributed by atoms with Crippen molar-refractivity contribution in [1.82, 2.24) is 9.55 Å². The van der Waals surface area contributed by atoms with Crippen LogP contribution in [0.3, 0.4) is 0 Å². The van der Waals surface area contributed by atoms with Gasteiger partial charge in [0.1, 0.15) is 0 Å². The molecule has 118 valence electrons. The number of nitrogens with zero attached hydrogens (tertiary/aromatic N) is 2. The second kappa shape index (κ2) is 4.98. The van der Waals surface area contributed by atoms with Gasteiger partial charge in [-0.25, -0.2) is 4.98 Å². The van der Waals surface area contributed by atoms with Crippen molar-refractivity contribution < 1.29 is 4.79 Å². The first-order valence-electron chi connectivity index (χ1n) is 8.00. The highest BCUT2D eigenvalue weighted by atomic mass is 16.1. The van der Waals surface area contributed by atoms with E-state index < -0.39 is 0 Å². The number of benzene rings is 3.